The molecule has 11 heteroatoms. The highest BCUT2D eigenvalue weighted by molar-refractivity contribution is 7.92. The van der Waals surface area contributed by atoms with E-state index in [0.717, 1.165) is 16.1 Å². The minimum atomic E-state index is -3.71. The monoisotopic (exact) mass is 603 g/mol. The Morgan fingerprint density at radius 3 is 2.34 bits per heavy atom. The average molecular weight is 604 g/mol. The lowest BCUT2D eigenvalue weighted by Crippen LogP contribution is -2.50. The molecule has 3 aromatic carbocycles. The fourth-order valence-corrected chi connectivity index (χ4v) is 5.68. The summed E-state index contributed by atoms with van der Waals surface area (Å²) in [5.41, 5.74) is 1.45. The Bertz CT molecular complexity index is 1440. The summed E-state index contributed by atoms with van der Waals surface area (Å²) < 4.78 is 46.2. The molecule has 8 nitrogen and oxygen atoms in total. The molecule has 2 amide bonds. The van der Waals surface area contributed by atoms with Crippen LogP contribution < -0.4 is 14.4 Å². The Morgan fingerprint density at radius 1 is 1.05 bits per heavy atom. The van der Waals surface area contributed by atoms with E-state index in [1.165, 1.54) is 24.1 Å². The van der Waals surface area contributed by atoms with Gasteiger partial charge in [-0.05, 0) is 43.2 Å². The van der Waals surface area contributed by atoms with E-state index in [1.54, 1.807) is 37.3 Å². The molecule has 0 aromatic heterocycles. The van der Waals surface area contributed by atoms with Crippen molar-refractivity contribution in [2.24, 2.45) is 0 Å². The first-order valence-electron chi connectivity index (χ1n) is 13.2. The number of ether oxygens (including phenoxy) is 1. The standard InChI is InChI=1S/C30H35ClFN3O5S/c1-4-33-30(37)27(19-22-11-6-5-7-12-22)34(21-23-13-8-9-14-26(23)32)29(36)15-10-18-35(41(3,38)39)24-16-17-28(40-2)25(31)20-24/h5-9,11-14,16-17,20,27H,4,10,15,18-19,21H2,1-3H3,(H,33,37)/t27-/m1/s1. The predicted octanol–water partition coefficient (Wildman–Crippen LogP) is 4.81. The normalized spacial score (nSPS) is 11.9. The second-order valence-corrected chi connectivity index (χ2v) is 11.8. The van der Waals surface area contributed by atoms with Crippen molar-refractivity contribution in [1.29, 1.82) is 0 Å². The van der Waals surface area contributed by atoms with Gasteiger partial charge < -0.3 is 15.0 Å². The first-order valence-corrected chi connectivity index (χ1v) is 15.4. The van der Waals surface area contributed by atoms with E-state index in [9.17, 15) is 22.4 Å². The van der Waals surface area contributed by atoms with Crippen LogP contribution >= 0.6 is 11.6 Å². The second kappa shape index (κ2) is 14.8. The van der Waals surface area contributed by atoms with Crippen molar-refractivity contribution in [3.8, 4) is 5.75 Å². The number of hydrogen-bond acceptors (Lipinski definition) is 5. The van der Waals surface area contributed by atoms with Gasteiger partial charge in [0.05, 0.1) is 24.1 Å². The zero-order valence-corrected chi connectivity index (χ0v) is 24.9. The molecule has 0 aliphatic heterocycles. The maximum Gasteiger partial charge on any atom is 0.243 e. The van der Waals surface area contributed by atoms with Crippen molar-refractivity contribution in [3.63, 3.8) is 0 Å². The highest BCUT2D eigenvalue weighted by Crippen LogP contribution is 2.30. The molecule has 0 spiro atoms. The summed E-state index contributed by atoms with van der Waals surface area (Å²) in [6.07, 6.45) is 1.38. The van der Waals surface area contributed by atoms with Gasteiger partial charge in [0.1, 0.15) is 17.6 Å². The molecule has 3 rings (SSSR count). The zero-order chi connectivity index (χ0) is 30.0. The Balaban J connectivity index is 1.87. The average Bonchev–Trinajstić information content (AvgIpc) is 2.93. The lowest BCUT2D eigenvalue weighted by atomic mass is 10.0. The number of likely N-dealkylation sites (N-methyl/N-ethyl adjacent to an activating group) is 1. The first kappa shape index (κ1) is 31.9. The predicted molar refractivity (Wildman–Crippen MR) is 159 cm³/mol. The molecule has 0 saturated heterocycles. The Morgan fingerprint density at radius 2 is 1.73 bits per heavy atom. The van der Waals surface area contributed by atoms with Crippen molar-refractivity contribution in [3.05, 3.63) is 94.8 Å². The number of nitrogens with zero attached hydrogens (tertiary/aromatic N) is 2. The van der Waals surface area contributed by atoms with E-state index >= 15 is 0 Å². The molecule has 0 heterocycles. The van der Waals surface area contributed by atoms with Crippen LogP contribution in [0.25, 0.3) is 0 Å². The number of sulfonamides is 1. The molecule has 3 aromatic rings. The van der Waals surface area contributed by atoms with Gasteiger partial charge in [-0.1, -0.05) is 60.1 Å². The van der Waals surface area contributed by atoms with Crippen LogP contribution in [0.3, 0.4) is 0 Å². The SMILES string of the molecule is CCNC(=O)[C@@H](Cc1ccccc1)N(Cc1ccccc1F)C(=O)CCCN(c1ccc(OC)c(Cl)c1)S(C)(=O)=O. The molecule has 0 aliphatic rings. The van der Waals surface area contributed by atoms with E-state index < -0.39 is 27.8 Å². The smallest absolute Gasteiger partial charge is 0.243 e. The number of rotatable bonds is 14. The topological polar surface area (TPSA) is 96.0 Å². The molecular weight excluding hydrogens is 569 g/mol. The van der Waals surface area contributed by atoms with Crippen LogP contribution in [0.2, 0.25) is 5.02 Å². The van der Waals surface area contributed by atoms with Crippen LogP contribution in [0.15, 0.2) is 72.8 Å². The number of carbonyl (C=O) groups excluding carboxylic acids is 2. The van der Waals surface area contributed by atoms with Crippen molar-refractivity contribution in [2.75, 3.05) is 30.8 Å². The lowest BCUT2D eigenvalue weighted by Gasteiger charge is -2.32. The fourth-order valence-electron chi connectivity index (χ4n) is 4.47. The summed E-state index contributed by atoms with van der Waals surface area (Å²) in [6, 6.07) is 19.1. The Hall–Kier alpha value is -3.63. The van der Waals surface area contributed by atoms with E-state index in [1.807, 2.05) is 30.3 Å². The number of carbonyl (C=O) groups is 2. The van der Waals surface area contributed by atoms with E-state index in [0.29, 0.717) is 18.0 Å². The highest BCUT2D eigenvalue weighted by Gasteiger charge is 2.31. The molecule has 0 aliphatic carbocycles. The molecule has 0 unspecified atom stereocenters. The van der Waals surface area contributed by atoms with Gasteiger partial charge in [-0.2, -0.15) is 0 Å². The molecule has 0 saturated carbocycles. The van der Waals surface area contributed by atoms with Crippen molar-refractivity contribution >= 4 is 39.1 Å². The van der Waals surface area contributed by atoms with Crippen LogP contribution in [0.5, 0.6) is 5.75 Å². The summed E-state index contributed by atoms with van der Waals surface area (Å²) >= 11 is 6.22. The molecule has 1 atom stereocenters. The van der Waals surface area contributed by atoms with Crippen molar-refractivity contribution in [2.45, 2.75) is 38.8 Å². The molecule has 0 radical (unpaired) electrons. The van der Waals surface area contributed by atoms with Crippen LogP contribution in [0.4, 0.5) is 10.1 Å². The van der Waals surface area contributed by atoms with Crippen molar-refractivity contribution in [1.82, 2.24) is 10.2 Å². The third-order valence-electron chi connectivity index (χ3n) is 6.50. The Labute approximate surface area is 246 Å². The number of anilines is 1. The van der Waals surface area contributed by atoms with Crippen LogP contribution in [0, 0.1) is 5.82 Å². The number of halogens is 2. The van der Waals surface area contributed by atoms with Gasteiger partial charge in [0.15, 0.2) is 0 Å². The van der Waals surface area contributed by atoms with Gasteiger partial charge in [-0.15, -0.1) is 0 Å². The highest BCUT2D eigenvalue weighted by atomic mass is 35.5. The number of hydrogen-bond donors (Lipinski definition) is 1. The molecule has 220 valence electrons. The summed E-state index contributed by atoms with van der Waals surface area (Å²) in [5.74, 6) is -0.842. The number of nitrogens with one attached hydrogen (secondary N) is 1. The molecule has 0 fully saturated rings. The number of methoxy groups -OCH3 is 1. The minimum Gasteiger partial charge on any atom is -0.495 e. The number of benzene rings is 3. The van der Waals surface area contributed by atoms with Gasteiger partial charge in [0, 0.05) is 38.0 Å². The van der Waals surface area contributed by atoms with E-state index in [-0.39, 0.29) is 48.8 Å². The van der Waals surface area contributed by atoms with E-state index in [2.05, 4.69) is 5.32 Å². The largest absolute Gasteiger partial charge is 0.495 e. The maximum absolute atomic E-state index is 14.7. The molecule has 1 N–H and O–H groups in total. The van der Waals surface area contributed by atoms with Gasteiger partial charge in [-0.25, -0.2) is 12.8 Å². The fraction of sp³-hybridized carbons (Fsp3) is 0.333. The lowest BCUT2D eigenvalue weighted by molar-refractivity contribution is -0.141. The summed E-state index contributed by atoms with van der Waals surface area (Å²) in [5, 5.41) is 3.04. The summed E-state index contributed by atoms with van der Waals surface area (Å²) in [6.45, 7) is 2.01. The third-order valence-corrected chi connectivity index (χ3v) is 7.99. The Kier molecular flexibility index (Phi) is 11.5. The number of amides is 2. The second-order valence-electron chi connectivity index (χ2n) is 9.47. The van der Waals surface area contributed by atoms with Gasteiger partial charge in [0.2, 0.25) is 21.8 Å². The van der Waals surface area contributed by atoms with E-state index in [4.69, 9.17) is 16.3 Å². The first-order chi connectivity index (χ1) is 19.5. The quantitative estimate of drug-likeness (QED) is 0.285. The van der Waals surface area contributed by atoms with Crippen LogP contribution in [-0.4, -0.2) is 57.6 Å². The molecule has 41 heavy (non-hydrogen) atoms. The van der Waals surface area contributed by atoms with Crippen LogP contribution in [0.1, 0.15) is 30.9 Å². The maximum atomic E-state index is 14.7. The molecule has 0 bridgehead atoms. The van der Waals surface area contributed by atoms with Gasteiger partial charge >= 0.3 is 0 Å². The van der Waals surface area contributed by atoms with Crippen molar-refractivity contribution < 1.29 is 27.1 Å². The molecular formula is C30H35ClFN3O5S. The van der Waals surface area contributed by atoms with Crippen LogP contribution in [-0.2, 0) is 32.6 Å². The minimum absolute atomic E-state index is 0.00865. The summed E-state index contributed by atoms with van der Waals surface area (Å²) in [7, 11) is -2.25. The van der Waals surface area contributed by atoms with Gasteiger partial charge in [-0.3, -0.25) is 13.9 Å². The third kappa shape index (κ3) is 8.93. The zero-order valence-electron chi connectivity index (χ0n) is 23.3. The van der Waals surface area contributed by atoms with Gasteiger partial charge in [0.25, 0.3) is 0 Å². The summed E-state index contributed by atoms with van der Waals surface area (Å²) in [4.78, 5) is 28.3.